The van der Waals surface area contributed by atoms with Gasteiger partial charge in [-0.2, -0.15) is 8.78 Å². The highest BCUT2D eigenvalue weighted by atomic mass is 19.3. The number of phenolic OH excluding ortho intramolecular Hbond substituents is 1. The van der Waals surface area contributed by atoms with Crippen molar-refractivity contribution in [2.24, 2.45) is 10.8 Å². The lowest BCUT2D eigenvalue weighted by Gasteiger charge is -2.54. The zero-order valence-electron chi connectivity index (χ0n) is 20.9. The van der Waals surface area contributed by atoms with E-state index in [1.54, 1.807) is 24.3 Å². The molecule has 3 atom stereocenters. The third-order valence-electron chi connectivity index (χ3n) is 7.98. The Morgan fingerprint density at radius 3 is 2.36 bits per heavy atom. The molecule has 2 aromatic heterocycles. The number of benzene rings is 1. The molecule has 2 aliphatic rings. The molecule has 3 aromatic rings. The lowest BCUT2D eigenvalue weighted by molar-refractivity contribution is -0.0528. The summed E-state index contributed by atoms with van der Waals surface area (Å²) in [5.41, 5.74) is 3.15. The summed E-state index contributed by atoms with van der Waals surface area (Å²) in [6.45, 7) is 1.92. The zero-order valence-corrected chi connectivity index (χ0v) is 20.9. The van der Waals surface area contributed by atoms with E-state index in [9.17, 15) is 13.9 Å². The molecule has 2 heterocycles. The number of hydrogen-bond donors (Lipinski definition) is 1. The number of ether oxygens (including phenoxy) is 1. The summed E-state index contributed by atoms with van der Waals surface area (Å²) >= 11 is 0. The average molecular weight is 495 g/mol. The fraction of sp³-hybridized carbons (Fsp3) is 0.464. The lowest BCUT2D eigenvalue weighted by Crippen LogP contribution is -2.49. The molecule has 0 saturated heterocycles. The molecule has 1 N–H and O–H groups in total. The smallest absolute Gasteiger partial charge is 0.388 e. The van der Waals surface area contributed by atoms with E-state index in [1.807, 2.05) is 12.1 Å². The fourth-order valence-electron chi connectivity index (χ4n) is 6.50. The van der Waals surface area contributed by atoms with Gasteiger partial charge < -0.3 is 14.7 Å². The van der Waals surface area contributed by atoms with Crippen molar-refractivity contribution < 1.29 is 18.6 Å². The SMILES string of the molecule is CN(c1ccc(-c2ccc(-c3ccnc(OC(F)F)c3)cc2O)nn1)C1C[C@]2(C)CCC[C@](C)(C1)C2. The molecule has 0 aliphatic heterocycles. The van der Waals surface area contributed by atoms with Crippen LogP contribution in [0.4, 0.5) is 14.6 Å². The van der Waals surface area contributed by atoms with Crippen LogP contribution in [-0.4, -0.2) is 40.0 Å². The summed E-state index contributed by atoms with van der Waals surface area (Å²) < 4.78 is 29.4. The second-order valence-corrected chi connectivity index (χ2v) is 11.1. The Balaban J connectivity index is 1.33. The number of pyridine rings is 1. The molecular formula is C28H32F2N4O2. The lowest BCUT2D eigenvalue weighted by atomic mass is 9.55. The normalized spacial score (nSPS) is 25.6. The van der Waals surface area contributed by atoms with Gasteiger partial charge in [0.1, 0.15) is 5.75 Å². The van der Waals surface area contributed by atoms with Crippen LogP contribution >= 0.6 is 0 Å². The molecule has 0 radical (unpaired) electrons. The number of anilines is 1. The molecule has 0 spiro atoms. The first-order valence-corrected chi connectivity index (χ1v) is 12.4. The first kappa shape index (κ1) is 24.4. The second-order valence-electron chi connectivity index (χ2n) is 11.1. The minimum atomic E-state index is -2.95. The molecule has 8 heteroatoms. The fourth-order valence-corrected chi connectivity index (χ4v) is 6.50. The van der Waals surface area contributed by atoms with Gasteiger partial charge in [0.2, 0.25) is 5.88 Å². The van der Waals surface area contributed by atoms with Crippen LogP contribution in [0, 0.1) is 10.8 Å². The van der Waals surface area contributed by atoms with Gasteiger partial charge >= 0.3 is 6.61 Å². The molecule has 6 nitrogen and oxygen atoms in total. The van der Waals surface area contributed by atoms with E-state index < -0.39 is 6.61 Å². The molecular weight excluding hydrogens is 462 g/mol. The third kappa shape index (κ3) is 4.99. The number of nitrogens with zero attached hydrogens (tertiary/aromatic N) is 4. The summed E-state index contributed by atoms with van der Waals surface area (Å²) in [6.07, 6.45) is 8.96. The van der Waals surface area contributed by atoms with Crippen molar-refractivity contribution in [3.8, 4) is 34.0 Å². The number of fused-ring (bicyclic) bond motifs is 2. The van der Waals surface area contributed by atoms with E-state index >= 15 is 0 Å². The van der Waals surface area contributed by atoms with Crippen molar-refractivity contribution in [2.45, 2.75) is 65.0 Å². The van der Waals surface area contributed by atoms with Crippen molar-refractivity contribution in [2.75, 3.05) is 11.9 Å². The van der Waals surface area contributed by atoms with Crippen molar-refractivity contribution >= 4 is 5.82 Å². The molecule has 2 bridgehead atoms. The maximum absolute atomic E-state index is 12.5. The van der Waals surface area contributed by atoms with Gasteiger partial charge in [-0.25, -0.2) is 4.98 Å². The highest BCUT2D eigenvalue weighted by Gasteiger charge is 2.47. The molecule has 36 heavy (non-hydrogen) atoms. The quantitative estimate of drug-likeness (QED) is 0.411. The minimum Gasteiger partial charge on any atom is -0.507 e. The monoisotopic (exact) mass is 494 g/mol. The largest absolute Gasteiger partial charge is 0.507 e. The van der Waals surface area contributed by atoms with Crippen LogP contribution < -0.4 is 9.64 Å². The molecule has 1 unspecified atom stereocenters. The maximum Gasteiger partial charge on any atom is 0.388 e. The third-order valence-corrected chi connectivity index (χ3v) is 7.98. The van der Waals surface area contributed by atoms with Gasteiger partial charge in [-0.1, -0.05) is 26.3 Å². The van der Waals surface area contributed by atoms with Crippen LogP contribution in [0.15, 0.2) is 48.7 Å². The number of rotatable bonds is 6. The first-order chi connectivity index (χ1) is 17.1. The van der Waals surface area contributed by atoms with Crippen LogP contribution in [-0.2, 0) is 0 Å². The predicted molar refractivity (Wildman–Crippen MR) is 135 cm³/mol. The van der Waals surface area contributed by atoms with E-state index in [1.165, 1.54) is 50.8 Å². The number of aromatic hydroxyl groups is 1. The number of alkyl halides is 2. The van der Waals surface area contributed by atoms with Crippen molar-refractivity contribution in [1.29, 1.82) is 0 Å². The Morgan fingerprint density at radius 1 is 1.00 bits per heavy atom. The average Bonchev–Trinajstić information content (AvgIpc) is 2.82. The first-order valence-electron chi connectivity index (χ1n) is 12.4. The second kappa shape index (κ2) is 9.30. The van der Waals surface area contributed by atoms with E-state index in [4.69, 9.17) is 0 Å². The summed E-state index contributed by atoms with van der Waals surface area (Å²) in [6, 6.07) is 12.4. The van der Waals surface area contributed by atoms with E-state index in [0.29, 0.717) is 39.3 Å². The molecule has 1 aromatic carbocycles. The van der Waals surface area contributed by atoms with Gasteiger partial charge in [-0.05, 0) is 84.4 Å². The molecule has 5 rings (SSSR count). The van der Waals surface area contributed by atoms with E-state index in [2.05, 4.69) is 45.7 Å². The highest BCUT2D eigenvalue weighted by Crippen LogP contribution is 2.56. The van der Waals surface area contributed by atoms with Gasteiger partial charge in [0.05, 0.1) is 5.69 Å². The van der Waals surface area contributed by atoms with Crippen molar-refractivity contribution in [3.63, 3.8) is 0 Å². The van der Waals surface area contributed by atoms with E-state index in [-0.39, 0.29) is 11.6 Å². The van der Waals surface area contributed by atoms with Crippen molar-refractivity contribution in [1.82, 2.24) is 15.2 Å². The van der Waals surface area contributed by atoms with E-state index in [0.717, 1.165) is 5.82 Å². The Morgan fingerprint density at radius 2 is 1.72 bits per heavy atom. The number of hydrogen-bond acceptors (Lipinski definition) is 6. The molecule has 2 fully saturated rings. The van der Waals surface area contributed by atoms with Gasteiger partial charge in [0.15, 0.2) is 5.82 Å². The number of phenols is 1. The van der Waals surface area contributed by atoms with Crippen LogP contribution in [0.1, 0.15) is 52.4 Å². The topological polar surface area (TPSA) is 71.4 Å². The standard InChI is InChI=1S/C28H32F2N4O2/c1-27-10-4-11-28(2,17-27)16-20(15-27)34(3)24-8-7-22(32-33-24)21-6-5-18(13-23(21)35)19-9-12-31-25(14-19)36-26(29)30/h5-9,12-14,20,26,35H,4,10-11,15-17H2,1-3H3/t20?,27-,28+. The highest BCUT2D eigenvalue weighted by molar-refractivity contribution is 5.74. The summed E-state index contributed by atoms with van der Waals surface area (Å²) in [7, 11) is 2.11. The van der Waals surface area contributed by atoms with Gasteiger partial charge in [-0.3, -0.25) is 0 Å². The van der Waals surface area contributed by atoms with Gasteiger partial charge in [0, 0.05) is 30.9 Å². The Hall–Kier alpha value is -3.29. The van der Waals surface area contributed by atoms with Crippen LogP contribution in [0.25, 0.3) is 22.4 Å². The number of halogens is 2. The molecule has 2 aliphatic carbocycles. The molecule has 190 valence electrons. The molecule has 2 saturated carbocycles. The minimum absolute atomic E-state index is 0.0250. The molecule has 0 amide bonds. The van der Waals surface area contributed by atoms with Crippen LogP contribution in [0.2, 0.25) is 0 Å². The Labute approximate surface area is 210 Å². The van der Waals surface area contributed by atoms with Crippen LogP contribution in [0.5, 0.6) is 11.6 Å². The van der Waals surface area contributed by atoms with Crippen molar-refractivity contribution in [3.05, 3.63) is 48.7 Å². The summed E-state index contributed by atoms with van der Waals surface area (Å²) in [5, 5.41) is 19.6. The predicted octanol–water partition coefficient (Wildman–Crippen LogP) is 6.70. The number of aromatic nitrogens is 3. The van der Waals surface area contributed by atoms with Crippen LogP contribution in [0.3, 0.4) is 0 Å². The van der Waals surface area contributed by atoms with Gasteiger partial charge in [-0.15, -0.1) is 10.2 Å². The Kier molecular flexibility index (Phi) is 6.30. The summed E-state index contributed by atoms with van der Waals surface area (Å²) in [4.78, 5) is 6.05. The summed E-state index contributed by atoms with van der Waals surface area (Å²) in [5.74, 6) is 0.675. The Bertz CT molecular complexity index is 1220. The van der Waals surface area contributed by atoms with Gasteiger partial charge in [0.25, 0.3) is 0 Å². The maximum atomic E-state index is 12.5. The zero-order chi connectivity index (χ0) is 25.5.